The molecule has 0 bridgehead atoms. The smallest absolute Gasteiger partial charge is 0.434 e. The van der Waals surface area contributed by atoms with Gasteiger partial charge in [-0.05, 0) is 36.4 Å². The van der Waals surface area contributed by atoms with Crippen LogP contribution in [0, 0.1) is 11.6 Å². The molecule has 0 saturated carbocycles. The van der Waals surface area contributed by atoms with Crippen LogP contribution in [0.1, 0.15) is 16.1 Å². The van der Waals surface area contributed by atoms with E-state index in [4.69, 9.17) is 4.74 Å². The molecule has 15 heteroatoms. The van der Waals surface area contributed by atoms with Crippen molar-refractivity contribution in [1.82, 2.24) is 33.9 Å². The average Bonchev–Trinajstić information content (AvgIpc) is 3.68. The van der Waals surface area contributed by atoms with Crippen molar-refractivity contribution in [1.29, 1.82) is 0 Å². The number of benzene rings is 2. The Balaban J connectivity index is 1.24. The predicted octanol–water partition coefficient (Wildman–Crippen LogP) is 5.66. The molecule has 6 aromatic rings. The summed E-state index contributed by atoms with van der Waals surface area (Å²) in [5.74, 6) is -2.86. The van der Waals surface area contributed by atoms with Gasteiger partial charge < -0.3 is 14.6 Å². The average molecular weight is 580 g/mol. The highest BCUT2D eigenvalue weighted by Crippen LogP contribution is 2.34. The lowest BCUT2D eigenvalue weighted by molar-refractivity contribution is -0.143. The first kappa shape index (κ1) is 26.6. The van der Waals surface area contributed by atoms with Gasteiger partial charge >= 0.3 is 6.18 Å². The third-order valence-corrected chi connectivity index (χ3v) is 6.05. The Hall–Kier alpha value is -5.60. The van der Waals surface area contributed by atoms with Gasteiger partial charge in [0.2, 0.25) is 5.88 Å². The number of amides is 1. The summed E-state index contributed by atoms with van der Waals surface area (Å²) in [5, 5.41) is 10.3. The first-order valence-corrected chi connectivity index (χ1v) is 12.1. The molecule has 1 N–H and O–H groups in total. The molecule has 0 aliphatic rings. The fourth-order valence-electron chi connectivity index (χ4n) is 4.16. The summed E-state index contributed by atoms with van der Waals surface area (Å²) in [6.45, 7) is 0. The van der Waals surface area contributed by atoms with Gasteiger partial charge in [-0.2, -0.15) is 27.9 Å². The van der Waals surface area contributed by atoms with Crippen molar-refractivity contribution in [3.63, 3.8) is 0 Å². The lowest BCUT2D eigenvalue weighted by Crippen LogP contribution is -2.20. The summed E-state index contributed by atoms with van der Waals surface area (Å²) in [6, 6.07) is 10.6. The molecule has 10 nitrogen and oxygen atoms in total. The largest absolute Gasteiger partial charge is 0.436 e. The molecule has 0 saturated heterocycles. The van der Waals surface area contributed by atoms with Crippen molar-refractivity contribution in [3.05, 3.63) is 102 Å². The molecule has 0 atom stereocenters. The monoisotopic (exact) mass is 580 g/mol. The maximum absolute atomic E-state index is 15.0. The molecule has 6 rings (SSSR count). The summed E-state index contributed by atoms with van der Waals surface area (Å²) in [7, 11) is 1.81. The second-order valence-corrected chi connectivity index (χ2v) is 9.00. The molecule has 0 fully saturated rings. The van der Waals surface area contributed by atoms with E-state index in [0.29, 0.717) is 21.7 Å². The van der Waals surface area contributed by atoms with Crippen molar-refractivity contribution in [2.45, 2.75) is 6.18 Å². The first-order valence-electron chi connectivity index (χ1n) is 12.1. The maximum atomic E-state index is 15.0. The van der Waals surface area contributed by atoms with Crippen LogP contribution in [0.5, 0.6) is 11.6 Å². The number of carbonyl (C=O) groups is 1. The number of aromatic nitrogens is 7. The van der Waals surface area contributed by atoms with Crippen LogP contribution in [0.15, 0.2) is 79.5 Å². The van der Waals surface area contributed by atoms with Gasteiger partial charge in [0.25, 0.3) is 5.91 Å². The fourth-order valence-corrected chi connectivity index (χ4v) is 4.16. The van der Waals surface area contributed by atoms with Crippen LogP contribution in [0.3, 0.4) is 0 Å². The predicted molar refractivity (Wildman–Crippen MR) is 138 cm³/mol. The van der Waals surface area contributed by atoms with E-state index in [1.165, 1.54) is 28.9 Å². The molecule has 0 spiro atoms. The van der Waals surface area contributed by atoms with Gasteiger partial charge in [0, 0.05) is 43.3 Å². The summed E-state index contributed by atoms with van der Waals surface area (Å²) >= 11 is 0. The first-order chi connectivity index (χ1) is 20.1. The highest BCUT2D eigenvalue weighted by molar-refractivity contribution is 6.05. The molecule has 2 aromatic carbocycles. The molecule has 1 amide bonds. The van der Waals surface area contributed by atoms with Gasteiger partial charge in [0.1, 0.15) is 17.2 Å². The number of aryl methyl sites for hydroxylation is 1. The number of rotatable bonds is 6. The summed E-state index contributed by atoms with van der Waals surface area (Å²) in [4.78, 5) is 21.3. The zero-order chi connectivity index (χ0) is 29.6. The topological polar surface area (TPSA) is 104 Å². The van der Waals surface area contributed by atoms with Crippen LogP contribution in [-0.4, -0.2) is 39.8 Å². The third kappa shape index (κ3) is 5.02. The highest BCUT2D eigenvalue weighted by atomic mass is 19.4. The van der Waals surface area contributed by atoms with Gasteiger partial charge in [0.15, 0.2) is 22.9 Å². The van der Waals surface area contributed by atoms with E-state index in [0.717, 1.165) is 36.5 Å². The van der Waals surface area contributed by atoms with E-state index < -0.39 is 35.0 Å². The second-order valence-electron chi connectivity index (χ2n) is 9.00. The van der Waals surface area contributed by atoms with Crippen LogP contribution in [0.25, 0.3) is 22.7 Å². The van der Waals surface area contributed by atoms with E-state index in [2.05, 4.69) is 25.5 Å². The standard InChI is InChI=1S/C27H17F5N8O2/c1-38-13-21(34-14-38)20-11-23-33-9-8-24(40(23)37-20)42-22-7-4-16(10-19(22)29)36-26(41)18-12-35-39(25(18)27(30,31)32)17-5-2-15(28)3-6-17/h2-14H,1H3,(H,36,41). The quantitative estimate of drug-likeness (QED) is 0.255. The number of nitrogens with one attached hydrogen (secondary N) is 1. The van der Waals surface area contributed by atoms with Gasteiger partial charge in [-0.3, -0.25) is 4.79 Å². The van der Waals surface area contributed by atoms with Crippen LogP contribution in [0.2, 0.25) is 0 Å². The van der Waals surface area contributed by atoms with Gasteiger partial charge in [-0.15, -0.1) is 0 Å². The number of fused-ring (bicyclic) bond motifs is 1. The number of nitrogens with zero attached hydrogens (tertiary/aromatic N) is 7. The van der Waals surface area contributed by atoms with Crippen molar-refractivity contribution in [2.24, 2.45) is 7.05 Å². The van der Waals surface area contributed by atoms with E-state index >= 15 is 4.39 Å². The molecule has 42 heavy (non-hydrogen) atoms. The number of carbonyl (C=O) groups excluding carboxylic acids is 1. The Kier molecular flexibility index (Phi) is 6.40. The minimum absolute atomic E-state index is 0.107. The Morgan fingerprint density at radius 3 is 2.45 bits per heavy atom. The zero-order valence-corrected chi connectivity index (χ0v) is 21.3. The molecule has 4 heterocycles. The normalized spacial score (nSPS) is 11.7. The number of hydrogen-bond donors (Lipinski definition) is 1. The highest BCUT2D eigenvalue weighted by Gasteiger charge is 2.40. The number of imidazole rings is 1. The molecule has 0 aliphatic carbocycles. The Labute approximate surface area is 232 Å². The minimum atomic E-state index is -4.99. The molecule has 0 aliphatic heterocycles. The van der Waals surface area contributed by atoms with E-state index in [1.807, 2.05) is 7.05 Å². The van der Waals surface area contributed by atoms with Crippen molar-refractivity contribution >= 4 is 17.2 Å². The van der Waals surface area contributed by atoms with Crippen LogP contribution in [0.4, 0.5) is 27.6 Å². The zero-order valence-electron chi connectivity index (χ0n) is 21.3. The molecule has 0 radical (unpaired) electrons. The minimum Gasteiger partial charge on any atom is -0.436 e. The Morgan fingerprint density at radius 1 is 0.976 bits per heavy atom. The van der Waals surface area contributed by atoms with E-state index in [-0.39, 0.29) is 23.0 Å². The number of alkyl halides is 3. The Bertz CT molecular complexity index is 1940. The number of ether oxygens (including phenoxy) is 1. The number of hydrogen-bond acceptors (Lipinski definition) is 6. The molecule has 4 aromatic heterocycles. The third-order valence-electron chi connectivity index (χ3n) is 6.05. The maximum Gasteiger partial charge on any atom is 0.434 e. The summed E-state index contributed by atoms with van der Waals surface area (Å²) in [6.07, 6.45) is 0.569. The summed E-state index contributed by atoms with van der Waals surface area (Å²) < 4.78 is 79.4. The number of anilines is 1. The lowest BCUT2D eigenvalue weighted by atomic mass is 10.2. The SMILES string of the molecule is Cn1cnc(-c2cc3nccc(Oc4ccc(NC(=O)c5cnn(-c6ccc(F)cc6)c5C(F)(F)F)cc4F)n3n2)c1. The van der Waals surface area contributed by atoms with Crippen molar-refractivity contribution in [2.75, 3.05) is 5.32 Å². The molecule has 0 unspecified atom stereocenters. The van der Waals surface area contributed by atoms with Gasteiger partial charge in [-0.1, -0.05) is 0 Å². The van der Waals surface area contributed by atoms with Crippen LogP contribution >= 0.6 is 0 Å². The lowest BCUT2D eigenvalue weighted by Gasteiger charge is -2.13. The summed E-state index contributed by atoms with van der Waals surface area (Å²) in [5.41, 5.74) is -0.907. The van der Waals surface area contributed by atoms with Gasteiger partial charge in [-0.25, -0.2) is 23.4 Å². The van der Waals surface area contributed by atoms with Crippen molar-refractivity contribution in [3.8, 4) is 28.7 Å². The fraction of sp³-hybridized carbons (Fsp3) is 0.0741. The second kappa shape index (κ2) is 10.1. The van der Waals surface area contributed by atoms with E-state index in [1.54, 1.807) is 23.2 Å². The molecule has 212 valence electrons. The van der Waals surface area contributed by atoms with Crippen LogP contribution in [-0.2, 0) is 13.2 Å². The van der Waals surface area contributed by atoms with Crippen LogP contribution < -0.4 is 10.1 Å². The van der Waals surface area contributed by atoms with E-state index in [9.17, 15) is 22.4 Å². The number of halogens is 5. The van der Waals surface area contributed by atoms with Gasteiger partial charge in [0.05, 0.1) is 23.8 Å². The van der Waals surface area contributed by atoms with Crippen molar-refractivity contribution < 1.29 is 31.5 Å². The Morgan fingerprint density at radius 2 is 1.76 bits per heavy atom. The molecular weight excluding hydrogens is 563 g/mol. The molecular formula is C27H17F5N8O2.